The van der Waals surface area contributed by atoms with Crippen LogP contribution in [0.5, 0.6) is 0 Å². The summed E-state index contributed by atoms with van der Waals surface area (Å²) in [5.41, 5.74) is 4.08. The van der Waals surface area contributed by atoms with Crippen molar-refractivity contribution in [2.45, 2.75) is 25.1 Å². The Labute approximate surface area is 113 Å². The molecule has 1 aromatic carbocycles. The number of nitrogens with two attached hydrogens (primary N) is 1. The lowest BCUT2D eigenvalue weighted by molar-refractivity contribution is -0.136. The Bertz CT molecular complexity index is 447. The molecule has 1 atom stereocenters. The van der Waals surface area contributed by atoms with Crippen molar-refractivity contribution in [2.24, 2.45) is 5.73 Å². The molecule has 0 fully saturated rings. The second kappa shape index (κ2) is 5.79. The van der Waals surface area contributed by atoms with E-state index >= 15 is 0 Å². The maximum Gasteiger partial charge on any atom is 0.401 e. The van der Waals surface area contributed by atoms with Crippen LogP contribution in [-0.2, 0) is 10.3 Å². The van der Waals surface area contributed by atoms with E-state index in [2.05, 4.69) is 5.32 Å². The van der Waals surface area contributed by atoms with Gasteiger partial charge < -0.3 is 5.73 Å². The van der Waals surface area contributed by atoms with Crippen LogP contribution in [0.3, 0.4) is 0 Å². The van der Waals surface area contributed by atoms with Gasteiger partial charge in [0, 0.05) is 5.02 Å². The number of nitrogens with one attached hydrogen (secondary N) is 1. The van der Waals surface area contributed by atoms with Gasteiger partial charge >= 0.3 is 6.18 Å². The van der Waals surface area contributed by atoms with Crippen molar-refractivity contribution in [3.63, 3.8) is 0 Å². The molecule has 0 aliphatic heterocycles. The van der Waals surface area contributed by atoms with Crippen molar-refractivity contribution in [3.8, 4) is 0 Å². The summed E-state index contributed by atoms with van der Waals surface area (Å²) >= 11 is 5.72. The predicted molar refractivity (Wildman–Crippen MR) is 66.7 cm³/mol. The van der Waals surface area contributed by atoms with Gasteiger partial charge in [0.1, 0.15) is 5.54 Å². The van der Waals surface area contributed by atoms with E-state index in [1.807, 2.05) is 0 Å². The molecule has 1 rings (SSSR count). The van der Waals surface area contributed by atoms with Gasteiger partial charge in [0.25, 0.3) is 0 Å². The maximum atomic E-state index is 12.3. The first kappa shape index (κ1) is 15.8. The number of rotatable bonds is 5. The number of halogens is 4. The van der Waals surface area contributed by atoms with Gasteiger partial charge in [-0.05, 0) is 24.1 Å². The molecule has 0 bridgehead atoms. The molecule has 7 heteroatoms. The number of carbonyl (C=O) groups is 1. The van der Waals surface area contributed by atoms with Gasteiger partial charge in [0.05, 0.1) is 6.54 Å². The largest absolute Gasteiger partial charge is 0.401 e. The van der Waals surface area contributed by atoms with Gasteiger partial charge in [-0.2, -0.15) is 13.2 Å². The Morgan fingerprint density at radius 1 is 1.32 bits per heavy atom. The number of amides is 1. The Hall–Kier alpha value is -1.27. The summed E-state index contributed by atoms with van der Waals surface area (Å²) in [5, 5.41) is 2.64. The lowest BCUT2D eigenvalue weighted by Gasteiger charge is -2.31. The summed E-state index contributed by atoms with van der Waals surface area (Å²) < 4.78 is 37.0. The standard InChI is InChI=1S/C12H14ClF3N2O/c1-2-11(10(17)19,18-7-12(14,15)16)8-3-5-9(13)6-4-8/h3-6,18H,2,7H2,1H3,(H2,17,19). The number of carbonyl (C=O) groups excluding carboxylic acids is 1. The third-order valence-corrected chi connectivity index (χ3v) is 3.13. The molecule has 0 heterocycles. The zero-order chi connectivity index (χ0) is 14.7. The van der Waals surface area contributed by atoms with Crippen molar-refractivity contribution in [3.05, 3.63) is 34.9 Å². The van der Waals surface area contributed by atoms with E-state index in [-0.39, 0.29) is 6.42 Å². The molecule has 1 aromatic rings. The summed E-state index contributed by atoms with van der Waals surface area (Å²) in [6, 6.07) is 5.97. The SMILES string of the molecule is CCC(NCC(F)(F)F)(C(N)=O)c1ccc(Cl)cc1. The highest BCUT2D eigenvalue weighted by Gasteiger charge is 2.40. The van der Waals surface area contributed by atoms with Crippen molar-refractivity contribution in [1.82, 2.24) is 5.32 Å². The normalized spacial score (nSPS) is 15.0. The zero-order valence-corrected chi connectivity index (χ0v) is 11.0. The van der Waals surface area contributed by atoms with Gasteiger partial charge in [-0.1, -0.05) is 30.7 Å². The molecular weight excluding hydrogens is 281 g/mol. The van der Waals surface area contributed by atoms with Crippen LogP contribution in [0, 0.1) is 0 Å². The van der Waals surface area contributed by atoms with Crippen molar-refractivity contribution in [1.29, 1.82) is 0 Å². The summed E-state index contributed by atoms with van der Waals surface area (Å²) in [5.74, 6) is -0.860. The van der Waals surface area contributed by atoms with Crippen LogP contribution < -0.4 is 11.1 Å². The van der Waals surface area contributed by atoms with E-state index in [1.165, 1.54) is 24.3 Å². The lowest BCUT2D eigenvalue weighted by Crippen LogP contribution is -2.54. The van der Waals surface area contributed by atoms with Gasteiger partial charge in [0.15, 0.2) is 0 Å². The number of primary amides is 1. The predicted octanol–water partition coefficient (Wildman–Crippen LogP) is 2.58. The molecule has 3 nitrogen and oxygen atoms in total. The Morgan fingerprint density at radius 2 is 1.84 bits per heavy atom. The van der Waals surface area contributed by atoms with Gasteiger partial charge in [0.2, 0.25) is 5.91 Å². The summed E-state index contributed by atoms with van der Waals surface area (Å²) in [7, 11) is 0. The van der Waals surface area contributed by atoms with Crippen LogP contribution in [-0.4, -0.2) is 18.6 Å². The Morgan fingerprint density at radius 3 is 2.21 bits per heavy atom. The van der Waals surface area contributed by atoms with Crippen LogP contribution >= 0.6 is 11.6 Å². The van der Waals surface area contributed by atoms with E-state index in [4.69, 9.17) is 17.3 Å². The molecule has 0 saturated heterocycles. The molecule has 19 heavy (non-hydrogen) atoms. The minimum Gasteiger partial charge on any atom is -0.368 e. The maximum absolute atomic E-state index is 12.3. The number of benzene rings is 1. The summed E-state index contributed by atoms with van der Waals surface area (Å²) in [4.78, 5) is 11.6. The summed E-state index contributed by atoms with van der Waals surface area (Å²) in [6.45, 7) is 0.287. The van der Waals surface area contributed by atoms with Gasteiger partial charge in [-0.25, -0.2) is 0 Å². The molecular formula is C12H14ClF3N2O. The fourth-order valence-electron chi connectivity index (χ4n) is 1.82. The minimum atomic E-state index is -4.43. The van der Waals surface area contributed by atoms with Crippen molar-refractivity contribution in [2.75, 3.05) is 6.54 Å². The molecule has 1 amide bonds. The lowest BCUT2D eigenvalue weighted by atomic mass is 9.86. The van der Waals surface area contributed by atoms with Crippen LogP contribution in [0.25, 0.3) is 0 Å². The quantitative estimate of drug-likeness (QED) is 0.877. The van der Waals surface area contributed by atoms with E-state index < -0.39 is 24.2 Å². The minimum absolute atomic E-state index is 0.0973. The smallest absolute Gasteiger partial charge is 0.368 e. The van der Waals surface area contributed by atoms with Crippen LogP contribution in [0.4, 0.5) is 13.2 Å². The monoisotopic (exact) mass is 294 g/mol. The number of alkyl halides is 3. The highest BCUT2D eigenvalue weighted by Crippen LogP contribution is 2.27. The van der Waals surface area contributed by atoms with Crippen LogP contribution in [0.1, 0.15) is 18.9 Å². The second-order valence-corrected chi connectivity index (χ2v) is 4.54. The van der Waals surface area contributed by atoms with Gasteiger partial charge in [-0.3, -0.25) is 10.1 Å². The van der Waals surface area contributed by atoms with E-state index in [1.54, 1.807) is 6.92 Å². The summed E-state index contributed by atoms with van der Waals surface area (Å²) in [6.07, 6.45) is -4.33. The molecule has 0 aromatic heterocycles. The van der Waals surface area contributed by atoms with Crippen LogP contribution in [0.15, 0.2) is 24.3 Å². The fraction of sp³-hybridized carbons (Fsp3) is 0.417. The molecule has 3 N–H and O–H groups in total. The third kappa shape index (κ3) is 3.84. The topological polar surface area (TPSA) is 55.1 Å². The first-order valence-corrected chi connectivity index (χ1v) is 5.97. The molecule has 0 aliphatic rings. The van der Waals surface area contributed by atoms with Crippen molar-refractivity contribution < 1.29 is 18.0 Å². The average Bonchev–Trinajstić information content (AvgIpc) is 2.30. The molecule has 106 valence electrons. The molecule has 1 unspecified atom stereocenters. The fourth-order valence-corrected chi connectivity index (χ4v) is 1.95. The Kier molecular flexibility index (Phi) is 4.81. The van der Waals surface area contributed by atoms with Crippen molar-refractivity contribution >= 4 is 17.5 Å². The highest BCUT2D eigenvalue weighted by molar-refractivity contribution is 6.30. The van der Waals surface area contributed by atoms with E-state index in [0.717, 1.165) is 0 Å². The molecule has 0 radical (unpaired) electrons. The first-order chi connectivity index (χ1) is 8.71. The molecule has 0 spiro atoms. The highest BCUT2D eigenvalue weighted by atomic mass is 35.5. The number of hydrogen-bond acceptors (Lipinski definition) is 2. The van der Waals surface area contributed by atoms with E-state index in [0.29, 0.717) is 10.6 Å². The third-order valence-electron chi connectivity index (χ3n) is 2.88. The molecule has 0 saturated carbocycles. The zero-order valence-electron chi connectivity index (χ0n) is 10.2. The van der Waals surface area contributed by atoms with Crippen LogP contribution in [0.2, 0.25) is 5.02 Å². The number of hydrogen-bond donors (Lipinski definition) is 2. The Balaban J connectivity index is 3.12. The average molecular weight is 295 g/mol. The first-order valence-electron chi connectivity index (χ1n) is 5.59. The second-order valence-electron chi connectivity index (χ2n) is 4.10. The van der Waals surface area contributed by atoms with E-state index in [9.17, 15) is 18.0 Å². The van der Waals surface area contributed by atoms with Gasteiger partial charge in [-0.15, -0.1) is 0 Å². The molecule has 0 aliphatic carbocycles.